The van der Waals surface area contributed by atoms with E-state index in [-0.39, 0.29) is 6.67 Å². The van der Waals surface area contributed by atoms with Gasteiger partial charge >= 0.3 is 0 Å². The summed E-state index contributed by atoms with van der Waals surface area (Å²) in [6.07, 6.45) is 1.14. The van der Waals surface area contributed by atoms with Crippen LogP contribution in [0.4, 0.5) is 4.39 Å². The topological polar surface area (TPSA) is 15.3 Å². The highest BCUT2D eigenvalue weighted by Crippen LogP contribution is 2.22. The van der Waals surface area contributed by atoms with Gasteiger partial charge in [-0.05, 0) is 26.3 Å². The van der Waals surface area contributed by atoms with Crippen molar-refractivity contribution in [2.24, 2.45) is 5.92 Å². The van der Waals surface area contributed by atoms with Crippen LogP contribution in [-0.4, -0.2) is 43.8 Å². The Kier molecular flexibility index (Phi) is 4.13. The first kappa shape index (κ1) is 10.9. The van der Waals surface area contributed by atoms with E-state index in [1.807, 2.05) is 7.05 Å². The average Bonchev–Trinajstić information content (AvgIpc) is 2.14. The van der Waals surface area contributed by atoms with Gasteiger partial charge in [0.25, 0.3) is 0 Å². The molecule has 13 heavy (non-hydrogen) atoms. The molecule has 0 spiro atoms. The summed E-state index contributed by atoms with van der Waals surface area (Å²) in [4.78, 5) is 2.25. The maximum atomic E-state index is 12.2. The first-order valence-corrected chi connectivity index (χ1v) is 5.18. The van der Waals surface area contributed by atoms with E-state index in [2.05, 4.69) is 24.1 Å². The molecule has 1 fully saturated rings. The van der Waals surface area contributed by atoms with E-state index in [1.54, 1.807) is 0 Å². The molecule has 0 aromatic carbocycles. The Hall–Kier alpha value is -0.150. The normalized spacial score (nSPS) is 36.5. The number of piperidine rings is 1. The van der Waals surface area contributed by atoms with Crippen molar-refractivity contribution in [3.63, 3.8) is 0 Å². The summed E-state index contributed by atoms with van der Waals surface area (Å²) in [6, 6.07) is 1.10. The molecule has 1 saturated heterocycles. The van der Waals surface area contributed by atoms with Gasteiger partial charge < -0.3 is 5.32 Å². The third-order valence-electron chi connectivity index (χ3n) is 3.44. The van der Waals surface area contributed by atoms with E-state index in [1.165, 1.54) is 0 Å². The molecular formula is C10H21FN2. The molecule has 1 rings (SSSR count). The first-order valence-electron chi connectivity index (χ1n) is 5.18. The molecule has 0 aromatic heterocycles. The fourth-order valence-corrected chi connectivity index (χ4v) is 2.27. The Morgan fingerprint density at radius 3 is 2.69 bits per heavy atom. The van der Waals surface area contributed by atoms with Gasteiger partial charge in [-0.1, -0.05) is 6.92 Å². The lowest BCUT2D eigenvalue weighted by atomic mass is 9.87. The van der Waals surface area contributed by atoms with Gasteiger partial charge in [0.1, 0.15) is 6.67 Å². The summed E-state index contributed by atoms with van der Waals surface area (Å²) in [6.45, 7) is 5.85. The van der Waals surface area contributed by atoms with Crippen molar-refractivity contribution in [3.05, 3.63) is 0 Å². The maximum Gasteiger partial charge on any atom is 0.102 e. The summed E-state index contributed by atoms with van der Waals surface area (Å²) in [5.41, 5.74) is 0. The highest BCUT2D eigenvalue weighted by molar-refractivity contribution is 4.87. The number of halogens is 1. The number of alkyl halides is 1. The number of hydrogen-bond donors (Lipinski definition) is 1. The molecule has 1 aliphatic heterocycles. The van der Waals surface area contributed by atoms with Gasteiger partial charge in [-0.15, -0.1) is 0 Å². The van der Waals surface area contributed by atoms with Crippen molar-refractivity contribution in [2.75, 3.05) is 26.8 Å². The molecule has 0 radical (unpaired) electrons. The minimum absolute atomic E-state index is 0.221. The van der Waals surface area contributed by atoms with Gasteiger partial charge in [0, 0.05) is 25.2 Å². The van der Waals surface area contributed by atoms with Gasteiger partial charge in [0.2, 0.25) is 0 Å². The van der Waals surface area contributed by atoms with Gasteiger partial charge in [-0.3, -0.25) is 4.90 Å². The zero-order valence-corrected chi connectivity index (χ0v) is 8.89. The van der Waals surface area contributed by atoms with E-state index in [4.69, 9.17) is 0 Å². The molecule has 1 N–H and O–H groups in total. The van der Waals surface area contributed by atoms with E-state index >= 15 is 0 Å². The highest BCUT2D eigenvalue weighted by atomic mass is 19.1. The third kappa shape index (κ3) is 2.41. The van der Waals surface area contributed by atoms with Crippen LogP contribution in [0.15, 0.2) is 0 Å². The summed E-state index contributed by atoms with van der Waals surface area (Å²) in [7, 11) is 2.01. The second kappa shape index (κ2) is 4.91. The molecule has 2 nitrogen and oxygen atoms in total. The summed E-state index contributed by atoms with van der Waals surface area (Å²) in [5, 5.41) is 3.33. The lowest BCUT2D eigenvalue weighted by molar-refractivity contribution is 0.0819. The van der Waals surface area contributed by atoms with E-state index < -0.39 is 0 Å². The molecule has 1 heterocycles. The summed E-state index contributed by atoms with van der Waals surface area (Å²) >= 11 is 0. The lowest BCUT2D eigenvalue weighted by Crippen LogP contribution is -2.53. The lowest BCUT2D eigenvalue weighted by Gasteiger charge is -2.42. The van der Waals surface area contributed by atoms with Crippen molar-refractivity contribution >= 4 is 0 Å². The van der Waals surface area contributed by atoms with Crippen LogP contribution in [0.2, 0.25) is 0 Å². The number of rotatable bonds is 3. The number of nitrogens with zero attached hydrogens (tertiary/aromatic N) is 1. The average molecular weight is 188 g/mol. The Morgan fingerprint density at radius 2 is 2.15 bits per heavy atom. The van der Waals surface area contributed by atoms with Crippen LogP contribution in [0.3, 0.4) is 0 Å². The number of nitrogens with one attached hydrogen (secondary N) is 1. The molecule has 3 heteroatoms. The van der Waals surface area contributed by atoms with Gasteiger partial charge in [0.15, 0.2) is 0 Å². The zero-order valence-electron chi connectivity index (χ0n) is 8.89. The minimum atomic E-state index is -0.221. The second-order valence-corrected chi connectivity index (χ2v) is 4.01. The van der Waals surface area contributed by atoms with Crippen LogP contribution in [0, 0.1) is 5.92 Å². The Morgan fingerprint density at radius 1 is 1.46 bits per heavy atom. The Bertz CT molecular complexity index is 150. The highest BCUT2D eigenvalue weighted by Gasteiger charge is 2.30. The smallest absolute Gasteiger partial charge is 0.102 e. The second-order valence-electron chi connectivity index (χ2n) is 4.01. The van der Waals surface area contributed by atoms with Crippen LogP contribution < -0.4 is 5.32 Å². The third-order valence-corrected chi connectivity index (χ3v) is 3.44. The van der Waals surface area contributed by atoms with Crippen LogP contribution in [0.5, 0.6) is 0 Å². The van der Waals surface area contributed by atoms with Crippen LogP contribution in [0.1, 0.15) is 20.3 Å². The van der Waals surface area contributed by atoms with Crippen LogP contribution >= 0.6 is 0 Å². The predicted octanol–water partition coefficient (Wildman–Crippen LogP) is 1.27. The van der Waals surface area contributed by atoms with Gasteiger partial charge in [-0.25, -0.2) is 4.39 Å². The number of hydrogen-bond acceptors (Lipinski definition) is 2. The molecule has 3 atom stereocenters. The molecule has 3 unspecified atom stereocenters. The molecule has 1 aliphatic rings. The molecule has 0 aliphatic carbocycles. The Balaban J connectivity index is 2.48. The standard InChI is InChI=1S/C10H21FN2/c1-8-9(2)13(7-5-11)6-4-10(8)12-3/h8-10,12H,4-7H2,1-3H3. The van der Waals surface area contributed by atoms with Crippen molar-refractivity contribution in [2.45, 2.75) is 32.4 Å². The number of likely N-dealkylation sites (tertiary alicyclic amines) is 1. The van der Waals surface area contributed by atoms with Crippen molar-refractivity contribution in [3.8, 4) is 0 Å². The molecule has 0 saturated carbocycles. The molecule has 0 aromatic rings. The van der Waals surface area contributed by atoms with Gasteiger partial charge in [-0.2, -0.15) is 0 Å². The van der Waals surface area contributed by atoms with Crippen LogP contribution in [0.25, 0.3) is 0 Å². The largest absolute Gasteiger partial charge is 0.317 e. The van der Waals surface area contributed by atoms with Crippen LogP contribution in [-0.2, 0) is 0 Å². The SMILES string of the molecule is CNC1CCN(CCF)C(C)C1C. The molecular weight excluding hydrogens is 167 g/mol. The summed E-state index contributed by atoms with van der Waals surface area (Å²) < 4.78 is 12.2. The predicted molar refractivity (Wildman–Crippen MR) is 53.6 cm³/mol. The van der Waals surface area contributed by atoms with E-state index in [9.17, 15) is 4.39 Å². The fourth-order valence-electron chi connectivity index (χ4n) is 2.27. The first-order chi connectivity index (χ1) is 6.20. The molecule has 0 bridgehead atoms. The Labute approximate surface area is 80.5 Å². The fraction of sp³-hybridized carbons (Fsp3) is 1.00. The molecule has 78 valence electrons. The van der Waals surface area contributed by atoms with Crippen molar-refractivity contribution in [1.29, 1.82) is 0 Å². The molecule has 0 amide bonds. The van der Waals surface area contributed by atoms with E-state index in [0.29, 0.717) is 24.5 Å². The maximum absolute atomic E-state index is 12.2. The van der Waals surface area contributed by atoms with Crippen molar-refractivity contribution in [1.82, 2.24) is 10.2 Å². The summed E-state index contributed by atoms with van der Waals surface area (Å²) in [5.74, 6) is 0.616. The zero-order chi connectivity index (χ0) is 9.84. The monoisotopic (exact) mass is 188 g/mol. The quantitative estimate of drug-likeness (QED) is 0.717. The van der Waals surface area contributed by atoms with Gasteiger partial charge in [0.05, 0.1) is 0 Å². The van der Waals surface area contributed by atoms with E-state index in [0.717, 1.165) is 13.0 Å². The minimum Gasteiger partial charge on any atom is -0.317 e. The van der Waals surface area contributed by atoms with Crippen molar-refractivity contribution < 1.29 is 4.39 Å².